The summed E-state index contributed by atoms with van der Waals surface area (Å²) < 4.78 is 8.53. The lowest BCUT2D eigenvalue weighted by Crippen LogP contribution is -2.39. The fourth-order valence-electron chi connectivity index (χ4n) is 4.27. The Morgan fingerprint density at radius 1 is 1.14 bits per heavy atom. The van der Waals surface area contributed by atoms with Crippen molar-refractivity contribution in [3.63, 3.8) is 0 Å². The van der Waals surface area contributed by atoms with Crippen molar-refractivity contribution < 1.29 is 14.3 Å². The number of nitrogens with one attached hydrogen (secondary N) is 1. The van der Waals surface area contributed by atoms with Crippen LogP contribution in [0.1, 0.15) is 32.2 Å². The minimum Gasteiger partial charge on any atom is -0.497 e. The van der Waals surface area contributed by atoms with Gasteiger partial charge >= 0.3 is 0 Å². The van der Waals surface area contributed by atoms with E-state index in [-0.39, 0.29) is 11.6 Å². The number of primary amides is 1. The minimum absolute atomic E-state index is 0.121. The Balaban J connectivity index is 1.47. The number of carbonyl (C=O) groups is 2. The predicted octanol–water partition coefficient (Wildman–Crippen LogP) is 2.53. The number of rotatable bonds is 7. The van der Waals surface area contributed by atoms with Crippen molar-refractivity contribution in [3.8, 4) is 11.4 Å². The third-order valence-electron chi connectivity index (χ3n) is 6.12. The summed E-state index contributed by atoms with van der Waals surface area (Å²) in [6, 6.07) is 16.7. The summed E-state index contributed by atoms with van der Waals surface area (Å²) in [5.41, 5.74) is 9.92. The summed E-state index contributed by atoms with van der Waals surface area (Å²) in [4.78, 5) is 27.5. The molecule has 0 saturated heterocycles. The SMILES string of the molecule is COc1ccc(-n2nc(C(N)=O)c3c2C(=O)N(c2cccc(NCc4ccnn4C)c2)CC3)cc1. The number of methoxy groups -OCH3 is 1. The average molecular weight is 472 g/mol. The van der Waals surface area contributed by atoms with Gasteiger partial charge in [-0.1, -0.05) is 6.07 Å². The quantitative estimate of drug-likeness (QED) is 0.427. The molecule has 2 aromatic heterocycles. The first-order valence-electron chi connectivity index (χ1n) is 11.1. The third kappa shape index (κ3) is 4.10. The largest absolute Gasteiger partial charge is 0.497 e. The van der Waals surface area contributed by atoms with E-state index in [0.29, 0.717) is 42.2 Å². The van der Waals surface area contributed by atoms with Gasteiger partial charge in [-0.05, 0) is 55.0 Å². The first-order chi connectivity index (χ1) is 17.0. The molecule has 0 unspecified atom stereocenters. The third-order valence-corrected chi connectivity index (χ3v) is 6.12. The van der Waals surface area contributed by atoms with Crippen molar-refractivity contribution in [2.45, 2.75) is 13.0 Å². The Morgan fingerprint density at radius 3 is 2.63 bits per heavy atom. The maximum atomic E-state index is 13.7. The molecule has 1 aliphatic heterocycles. The van der Waals surface area contributed by atoms with E-state index in [2.05, 4.69) is 15.5 Å². The van der Waals surface area contributed by atoms with Gasteiger partial charge in [0.2, 0.25) is 0 Å². The molecule has 0 fully saturated rings. The Labute approximate surface area is 201 Å². The van der Waals surface area contributed by atoms with Gasteiger partial charge in [0.15, 0.2) is 5.69 Å². The fraction of sp³-hybridized carbons (Fsp3) is 0.200. The molecule has 0 aliphatic carbocycles. The Morgan fingerprint density at radius 2 is 1.94 bits per heavy atom. The van der Waals surface area contributed by atoms with E-state index in [0.717, 1.165) is 17.1 Å². The van der Waals surface area contributed by atoms with E-state index in [9.17, 15) is 9.59 Å². The summed E-state index contributed by atoms with van der Waals surface area (Å²) >= 11 is 0. The van der Waals surface area contributed by atoms with Crippen LogP contribution in [0, 0.1) is 0 Å². The van der Waals surface area contributed by atoms with Crippen molar-refractivity contribution >= 4 is 23.2 Å². The Hall–Kier alpha value is -4.60. The molecule has 10 heteroatoms. The van der Waals surface area contributed by atoms with Gasteiger partial charge < -0.3 is 20.7 Å². The molecule has 178 valence electrons. The number of hydrogen-bond acceptors (Lipinski definition) is 6. The number of nitrogens with zero attached hydrogens (tertiary/aromatic N) is 5. The molecule has 0 atom stereocenters. The summed E-state index contributed by atoms with van der Waals surface area (Å²) in [7, 11) is 3.47. The number of hydrogen-bond donors (Lipinski definition) is 2. The molecule has 4 aromatic rings. The van der Waals surface area contributed by atoms with Crippen LogP contribution in [0.15, 0.2) is 60.8 Å². The molecular formula is C25H25N7O3. The highest BCUT2D eigenvalue weighted by atomic mass is 16.5. The molecular weight excluding hydrogens is 446 g/mol. The van der Waals surface area contributed by atoms with Gasteiger partial charge in [-0.3, -0.25) is 14.3 Å². The smallest absolute Gasteiger partial charge is 0.277 e. The molecule has 3 heterocycles. The number of nitrogens with two attached hydrogens (primary N) is 1. The van der Waals surface area contributed by atoms with Crippen molar-refractivity contribution in [3.05, 3.63) is 83.4 Å². The fourth-order valence-corrected chi connectivity index (χ4v) is 4.27. The van der Waals surface area contributed by atoms with Crippen LogP contribution in [0.2, 0.25) is 0 Å². The summed E-state index contributed by atoms with van der Waals surface area (Å²) in [6.45, 7) is 1.01. The van der Waals surface area contributed by atoms with Gasteiger partial charge in [0.25, 0.3) is 11.8 Å². The summed E-state index contributed by atoms with van der Waals surface area (Å²) in [5, 5.41) is 12.0. The lowest BCUT2D eigenvalue weighted by molar-refractivity contribution is 0.0972. The lowest BCUT2D eigenvalue weighted by Gasteiger charge is -2.28. The maximum Gasteiger partial charge on any atom is 0.277 e. The van der Waals surface area contributed by atoms with E-state index in [1.807, 2.05) is 42.1 Å². The summed E-state index contributed by atoms with van der Waals surface area (Å²) in [6.07, 6.45) is 2.21. The number of ether oxygens (including phenoxy) is 1. The molecule has 1 aliphatic rings. The van der Waals surface area contributed by atoms with Crippen LogP contribution in [-0.4, -0.2) is 45.0 Å². The van der Waals surface area contributed by atoms with Crippen LogP contribution in [0.4, 0.5) is 11.4 Å². The highest BCUT2D eigenvalue weighted by Crippen LogP contribution is 2.30. The number of anilines is 2. The molecule has 0 radical (unpaired) electrons. The normalized spacial score (nSPS) is 13.0. The number of amides is 2. The first kappa shape index (κ1) is 22.2. The van der Waals surface area contributed by atoms with E-state index >= 15 is 0 Å². The molecule has 0 saturated carbocycles. The molecule has 5 rings (SSSR count). The molecule has 3 N–H and O–H groups in total. The molecule has 10 nitrogen and oxygen atoms in total. The van der Waals surface area contributed by atoms with Crippen LogP contribution >= 0.6 is 0 Å². The van der Waals surface area contributed by atoms with Gasteiger partial charge in [0.05, 0.1) is 25.0 Å². The zero-order valence-corrected chi connectivity index (χ0v) is 19.4. The molecule has 2 aromatic carbocycles. The van der Waals surface area contributed by atoms with E-state index in [1.165, 1.54) is 4.68 Å². The van der Waals surface area contributed by atoms with Crippen LogP contribution < -0.4 is 20.7 Å². The molecule has 0 bridgehead atoms. The zero-order chi connectivity index (χ0) is 24.5. The predicted molar refractivity (Wildman–Crippen MR) is 131 cm³/mol. The van der Waals surface area contributed by atoms with Gasteiger partial charge in [-0.15, -0.1) is 0 Å². The van der Waals surface area contributed by atoms with Gasteiger partial charge in [0.1, 0.15) is 11.4 Å². The maximum absolute atomic E-state index is 13.7. The van der Waals surface area contributed by atoms with Gasteiger partial charge in [-0.25, -0.2) is 4.68 Å². The zero-order valence-electron chi connectivity index (χ0n) is 19.4. The second-order valence-electron chi connectivity index (χ2n) is 8.21. The standard InChI is InChI=1S/C25H25N7O3/c1-30-19(10-12-28-30)15-27-16-4-3-5-18(14-16)31-13-11-21-22(24(26)33)29-32(23(21)25(31)34)17-6-8-20(35-2)9-7-17/h3-10,12,14,27H,11,13,15H2,1-2H3,(H2,26,33). The summed E-state index contributed by atoms with van der Waals surface area (Å²) in [5.74, 6) is -0.227. The number of carbonyl (C=O) groups excluding carboxylic acids is 2. The molecule has 35 heavy (non-hydrogen) atoms. The Kier molecular flexibility index (Phi) is 5.69. The van der Waals surface area contributed by atoms with Crippen molar-refractivity contribution in [2.75, 3.05) is 23.9 Å². The Bertz CT molecular complexity index is 1400. The minimum atomic E-state index is -0.656. The van der Waals surface area contributed by atoms with Crippen molar-refractivity contribution in [1.82, 2.24) is 19.6 Å². The number of benzene rings is 2. The van der Waals surface area contributed by atoms with E-state index in [4.69, 9.17) is 10.5 Å². The topological polar surface area (TPSA) is 120 Å². The number of fused-ring (bicyclic) bond motifs is 1. The highest BCUT2D eigenvalue weighted by molar-refractivity contribution is 6.09. The molecule has 0 spiro atoms. The van der Waals surface area contributed by atoms with E-state index in [1.54, 1.807) is 42.5 Å². The van der Waals surface area contributed by atoms with Crippen LogP contribution in [0.5, 0.6) is 5.75 Å². The van der Waals surface area contributed by atoms with Crippen molar-refractivity contribution in [2.24, 2.45) is 12.8 Å². The van der Waals surface area contributed by atoms with Gasteiger partial charge in [-0.2, -0.15) is 10.2 Å². The second kappa shape index (κ2) is 8.98. The first-order valence-corrected chi connectivity index (χ1v) is 11.1. The highest BCUT2D eigenvalue weighted by Gasteiger charge is 2.34. The number of aromatic nitrogens is 4. The number of aryl methyl sites for hydroxylation is 1. The second-order valence-corrected chi connectivity index (χ2v) is 8.21. The van der Waals surface area contributed by atoms with Gasteiger partial charge in [0, 0.05) is 36.7 Å². The monoisotopic (exact) mass is 471 g/mol. The van der Waals surface area contributed by atoms with Crippen molar-refractivity contribution in [1.29, 1.82) is 0 Å². The van der Waals surface area contributed by atoms with Crippen LogP contribution in [0.3, 0.4) is 0 Å². The molecule has 2 amide bonds. The van der Waals surface area contributed by atoms with E-state index < -0.39 is 5.91 Å². The lowest BCUT2D eigenvalue weighted by atomic mass is 10.0. The average Bonchev–Trinajstić information content (AvgIpc) is 3.47. The van der Waals surface area contributed by atoms with Crippen LogP contribution in [0.25, 0.3) is 5.69 Å². The van der Waals surface area contributed by atoms with Crippen LogP contribution in [-0.2, 0) is 20.0 Å².